The van der Waals surface area contributed by atoms with E-state index in [1.54, 1.807) is 0 Å². The van der Waals surface area contributed by atoms with Gasteiger partial charge in [-0.05, 0) is 19.3 Å². The summed E-state index contributed by atoms with van der Waals surface area (Å²) >= 11 is 0. The number of nitrogens with one attached hydrogen (secondary N) is 3. The standard InChI is InChI=1S/C13H26N4O2/c1-2-3-4-5-8-14-13(19)16-17-9-6-12(7-10-17)15-11-18/h11-12H,2-10H2,1H3,(H,15,18)(H2,14,16,19). The van der Waals surface area contributed by atoms with E-state index < -0.39 is 0 Å². The van der Waals surface area contributed by atoms with Crippen LogP contribution in [0.3, 0.4) is 0 Å². The average molecular weight is 270 g/mol. The van der Waals surface area contributed by atoms with Crippen LogP contribution in [0.2, 0.25) is 0 Å². The third kappa shape index (κ3) is 7.00. The summed E-state index contributed by atoms with van der Waals surface area (Å²) in [4.78, 5) is 21.9. The molecule has 1 rings (SSSR count). The highest BCUT2D eigenvalue weighted by Gasteiger charge is 2.19. The van der Waals surface area contributed by atoms with Crippen LogP contribution in [-0.4, -0.2) is 43.1 Å². The van der Waals surface area contributed by atoms with Gasteiger partial charge in [-0.3, -0.25) is 10.2 Å². The van der Waals surface area contributed by atoms with Crippen LogP contribution in [0.5, 0.6) is 0 Å². The lowest BCUT2D eigenvalue weighted by atomic mass is 10.1. The quantitative estimate of drug-likeness (QED) is 0.455. The highest BCUT2D eigenvalue weighted by atomic mass is 16.2. The SMILES string of the molecule is CCCCCCNC(=O)NN1CCC(NC=O)CC1. The summed E-state index contributed by atoms with van der Waals surface area (Å²) < 4.78 is 0. The molecule has 6 heteroatoms. The monoisotopic (exact) mass is 270 g/mol. The third-order valence-electron chi connectivity index (χ3n) is 3.37. The van der Waals surface area contributed by atoms with Gasteiger partial charge >= 0.3 is 6.03 Å². The van der Waals surface area contributed by atoms with Crippen LogP contribution < -0.4 is 16.1 Å². The van der Waals surface area contributed by atoms with Gasteiger partial charge in [-0.25, -0.2) is 9.80 Å². The molecule has 1 fully saturated rings. The Morgan fingerprint density at radius 2 is 2.00 bits per heavy atom. The number of unbranched alkanes of at least 4 members (excludes halogenated alkanes) is 3. The molecule has 0 aromatic carbocycles. The Bertz CT molecular complexity index is 265. The molecule has 1 heterocycles. The summed E-state index contributed by atoms with van der Waals surface area (Å²) in [5.74, 6) is 0. The number of carbonyl (C=O) groups is 2. The lowest BCUT2D eigenvalue weighted by Gasteiger charge is -2.31. The second-order valence-electron chi connectivity index (χ2n) is 4.97. The number of piperidine rings is 1. The zero-order chi connectivity index (χ0) is 13.9. The van der Waals surface area contributed by atoms with Gasteiger partial charge < -0.3 is 10.6 Å². The summed E-state index contributed by atoms with van der Waals surface area (Å²) in [6.45, 7) is 4.45. The van der Waals surface area contributed by atoms with Crippen LogP contribution in [0.1, 0.15) is 45.4 Å². The zero-order valence-electron chi connectivity index (χ0n) is 11.8. The summed E-state index contributed by atoms with van der Waals surface area (Å²) in [7, 11) is 0. The molecule has 1 aliphatic heterocycles. The lowest BCUT2D eigenvalue weighted by molar-refractivity contribution is -0.110. The Morgan fingerprint density at radius 3 is 2.63 bits per heavy atom. The number of rotatable bonds is 8. The predicted molar refractivity (Wildman–Crippen MR) is 74.5 cm³/mol. The number of hydrogen-bond donors (Lipinski definition) is 3. The third-order valence-corrected chi connectivity index (χ3v) is 3.37. The van der Waals surface area contributed by atoms with Gasteiger partial charge in [0.15, 0.2) is 0 Å². The van der Waals surface area contributed by atoms with Crippen molar-refractivity contribution < 1.29 is 9.59 Å². The average Bonchev–Trinajstić information content (AvgIpc) is 2.41. The van der Waals surface area contributed by atoms with E-state index in [1.807, 2.05) is 5.01 Å². The molecule has 6 nitrogen and oxygen atoms in total. The molecule has 0 bridgehead atoms. The number of urea groups is 1. The first-order chi connectivity index (χ1) is 9.26. The normalized spacial score (nSPS) is 16.9. The van der Waals surface area contributed by atoms with E-state index >= 15 is 0 Å². The van der Waals surface area contributed by atoms with E-state index in [-0.39, 0.29) is 12.1 Å². The highest BCUT2D eigenvalue weighted by molar-refractivity contribution is 5.73. The van der Waals surface area contributed by atoms with E-state index in [0.29, 0.717) is 0 Å². The van der Waals surface area contributed by atoms with Crippen molar-refractivity contribution in [1.82, 2.24) is 21.1 Å². The first kappa shape index (κ1) is 15.8. The Kier molecular flexibility index (Phi) is 7.97. The minimum absolute atomic E-state index is 0.127. The van der Waals surface area contributed by atoms with Gasteiger partial charge in [0.05, 0.1) is 0 Å². The first-order valence-electron chi connectivity index (χ1n) is 7.25. The van der Waals surface area contributed by atoms with Crippen molar-refractivity contribution in [2.24, 2.45) is 0 Å². The number of nitrogens with zero attached hydrogens (tertiary/aromatic N) is 1. The largest absolute Gasteiger partial charge is 0.356 e. The predicted octanol–water partition coefficient (Wildman–Crippen LogP) is 0.991. The van der Waals surface area contributed by atoms with E-state index in [4.69, 9.17) is 0 Å². The van der Waals surface area contributed by atoms with Crippen LogP contribution in [0, 0.1) is 0 Å². The molecule has 0 aromatic heterocycles. The second kappa shape index (κ2) is 9.61. The van der Waals surface area contributed by atoms with Crippen LogP contribution in [0.25, 0.3) is 0 Å². The molecule has 110 valence electrons. The van der Waals surface area contributed by atoms with Crippen molar-refractivity contribution in [3.05, 3.63) is 0 Å². The fraction of sp³-hybridized carbons (Fsp3) is 0.846. The van der Waals surface area contributed by atoms with Gasteiger partial charge in [0.2, 0.25) is 6.41 Å². The molecule has 0 aliphatic carbocycles. The second-order valence-corrected chi connectivity index (χ2v) is 4.97. The van der Waals surface area contributed by atoms with E-state index in [1.165, 1.54) is 19.3 Å². The molecule has 0 saturated carbocycles. The summed E-state index contributed by atoms with van der Waals surface area (Å²) in [6, 6.07) is 0.117. The molecule has 0 atom stereocenters. The van der Waals surface area contributed by atoms with Gasteiger partial charge in [0.1, 0.15) is 0 Å². The van der Waals surface area contributed by atoms with Crippen molar-refractivity contribution >= 4 is 12.4 Å². The molecule has 3 N–H and O–H groups in total. The molecule has 0 unspecified atom stereocenters. The van der Waals surface area contributed by atoms with Crippen LogP contribution in [0.15, 0.2) is 0 Å². The van der Waals surface area contributed by atoms with E-state index in [0.717, 1.165) is 45.3 Å². The molecule has 0 aromatic rings. The van der Waals surface area contributed by atoms with Gasteiger partial charge in [0, 0.05) is 25.7 Å². The first-order valence-corrected chi connectivity index (χ1v) is 7.25. The maximum atomic E-state index is 11.6. The summed E-state index contributed by atoms with van der Waals surface area (Å²) in [5.41, 5.74) is 2.84. The van der Waals surface area contributed by atoms with Crippen molar-refractivity contribution in [1.29, 1.82) is 0 Å². The smallest absolute Gasteiger partial charge is 0.329 e. The molecule has 0 spiro atoms. The molecule has 1 saturated heterocycles. The van der Waals surface area contributed by atoms with Crippen molar-refractivity contribution in [3.8, 4) is 0 Å². The van der Waals surface area contributed by atoms with E-state index in [9.17, 15) is 9.59 Å². The van der Waals surface area contributed by atoms with Crippen LogP contribution in [-0.2, 0) is 4.79 Å². The topological polar surface area (TPSA) is 73.5 Å². The number of amides is 3. The highest BCUT2D eigenvalue weighted by Crippen LogP contribution is 2.07. The Labute approximate surface area is 115 Å². The van der Waals surface area contributed by atoms with Crippen molar-refractivity contribution in [3.63, 3.8) is 0 Å². The molecule has 1 aliphatic rings. The molecule has 19 heavy (non-hydrogen) atoms. The minimum atomic E-state index is -0.127. The van der Waals surface area contributed by atoms with Gasteiger partial charge in [-0.15, -0.1) is 0 Å². The molecular formula is C13H26N4O2. The zero-order valence-corrected chi connectivity index (χ0v) is 11.8. The van der Waals surface area contributed by atoms with Gasteiger partial charge in [-0.1, -0.05) is 26.2 Å². The van der Waals surface area contributed by atoms with Gasteiger partial charge in [-0.2, -0.15) is 0 Å². The number of carbonyl (C=O) groups excluding carboxylic acids is 2. The minimum Gasteiger partial charge on any atom is -0.356 e. The molecule has 3 amide bonds. The van der Waals surface area contributed by atoms with Crippen LogP contribution in [0.4, 0.5) is 4.79 Å². The Balaban J connectivity index is 2.04. The maximum Gasteiger partial charge on any atom is 0.329 e. The summed E-state index contributed by atoms with van der Waals surface area (Å²) in [5, 5.41) is 7.55. The lowest BCUT2D eigenvalue weighted by Crippen LogP contribution is -2.52. The fourth-order valence-electron chi connectivity index (χ4n) is 2.19. The number of hydrazine groups is 1. The number of hydrogen-bond acceptors (Lipinski definition) is 3. The van der Waals surface area contributed by atoms with Crippen molar-refractivity contribution in [2.75, 3.05) is 19.6 Å². The Morgan fingerprint density at radius 1 is 1.26 bits per heavy atom. The summed E-state index contributed by atoms with van der Waals surface area (Å²) in [6.07, 6.45) is 7.12. The van der Waals surface area contributed by atoms with Crippen LogP contribution >= 0.6 is 0 Å². The fourth-order valence-corrected chi connectivity index (χ4v) is 2.19. The van der Waals surface area contributed by atoms with Crippen molar-refractivity contribution in [2.45, 2.75) is 51.5 Å². The Hall–Kier alpha value is -1.30. The molecular weight excluding hydrogens is 244 g/mol. The van der Waals surface area contributed by atoms with E-state index in [2.05, 4.69) is 23.0 Å². The maximum absolute atomic E-state index is 11.6. The van der Waals surface area contributed by atoms with Gasteiger partial charge in [0.25, 0.3) is 0 Å². The molecule has 0 radical (unpaired) electrons.